The largest absolute Gasteiger partial charge is 0.507 e. The number of phenols is 1. The van der Waals surface area contributed by atoms with E-state index in [4.69, 9.17) is 0 Å². The number of rotatable bonds is 6. The highest BCUT2D eigenvalue weighted by atomic mass is 32.2. The predicted molar refractivity (Wildman–Crippen MR) is 104 cm³/mol. The lowest BCUT2D eigenvalue weighted by molar-refractivity contribution is -0.387. The van der Waals surface area contributed by atoms with Gasteiger partial charge in [-0.15, -0.1) is 0 Å². The second-order valence-electron chi connectivity index (χ2n) is 5.62. The predicted octanol–water partition coefficient (Wildman–Crippen LogP) is 2.95. The molecule has 0 saturated carbocycles. The Labute approximate surface area is 163 Å². The Morgan fingerprint density at radius 2 is 2.14 bits per heavy atom. The van der Waals surface area contributed by atoms with E-state index < -0.39 is 10.8 Å². The number of nitro groups is 1. The van der Waals surface area contributed by atoms with Crippen LogP contribution in [0.4, 0.5) is 5.69 Å². The first-order valence-corrected chi connectivity index (χ1v) is 8.82. The number of hydrogen-bond acceptors (Lipinski definition) is 7. The molecule has 2 N–H and O–H groups in total. The number of aromatic nitrogens is 2. The number of para-hydroxylation sites is 1. The van der Waals surface area contributed by atoms with Crippen molar-refractivity contribution in [2.24, 2.45) is 12.1 Å². The van der Waals surface area contributed by atoms with E-state index in [0.29, 0.717) is 15.6 Å². The molecule has 0 saturated heterocycles. The number of nitrogens with one attached hydrogen (secondary N) is 1. The van der Waals surface area contributed by atoms with Crippen molar-refractivity contribution in [1.82, 2.24) is 15.0 Å². The van der Waals surface area contributed by atoms with Crippen molar-refractivity contribution in [3.05, 3.63) is 76.1 Å². The summed E-state index contributed by atoms with van der Waals surface area (Å²) < 4.78 is 1.76. The number of hydrogen-bond donors (Lipinski definition) is 2. The maximum absolute atomic E-state index is 12.0. The van der Waals surface area contributed by atoms with Crippen LogP contribution in [0.3, 0.4) is 0 Å². The summed E-state index contributed by atoms with van der Waals surface area (Å²) in [6.45, 7) is 0. The van der Waals surface area contributed by atoms with Crippen LogP contribution in [0.1, 0.15) is 15.9 Å². The standard InChI is InChI=1S/C18H15N5O4S/c1-22-9-8-19-18(22)28-16-7-6-12(10-14(16)23(26)27)11-20-21-17(25)13-4-2-3-5-15(13)24/h2-11,24H,1H3,(H,21,25)/b20-11+. The SMILES string of the molecule is Cn1ccnc1Sc1ccc(/C=N/NC(=O)c2ccccc2O)cc1[N+](=O)[O-]. The van der Waals surface area contributed by atoms with Gasteiger partial charge in [-0.3, -0.25) is 14.9 Å². The fraction of sp³-hybridized carbons (Fsp3) is 0.0556. The van der Waals surface area contributed by atoms with Gasteiger partial charge in [0.05, 0.1) is 21.6 Å². The number of carbonyl (C=O) groups excluding carboxylic acids is 1. The number of hydrazone groups is 1. The van der Waals surface area contributed by atoms with Crippen LogP contribution in [-0.2, 0) is 7.05 Å². The quantitative estimate of drug-likeness (QED) is 0.374. The number of aryl methyl sites for hydroxylation is 1. The molecule has 0 radical (unpaired) electrons. The second kappa shape index (κ2) is 8.35. The van der Waals surface area contributed by atoms with Gasteiger partial charge in [0.2, 0.25) is 0 Å². The normalized spacial score (nSPS) is 10.9. The van der Waals surface area contributed by atoms with E-state index in [1.807, 2.05) is 0 Å². The number of nitrogens with zero attached hydrogens (tertiary/aromatic N) is 4. The highest BCUT2D eigenvalue weighted by Gasteiger charge is 2.17. The minimum Gasteiger partial charge on any atom is -0.507 e. The lowest BCUT2D eigenvalue weighted by Gasteiger charge is -2.04. The topological polar surface area (TPSA) is 123 Å². The molecule has 10 heteroatoms. The van der Waals surface area contributed by atoms with Crippen LogP contribution in [0, 0.1) is 10.1 Å². The van der Waals surface area contributed by atoms with Gasteiger partial charge < -0.3 is 9.67 Å². The van der Waals surface area contributed by atoms with Crippen molar-refractivity contribution < 1.29 is 14.8 Å². The summed E-state index contributed by atoms with van der Waals surface area (Å²) in [7, 11) is 1.80. The molecule has 28 heavy (non-hydrogen) atoms. The van der Waals surface area contributed by atoms with Crippen LogP contribution in [0.25, 0.3) is 0 Å². The fourth-order valence-electron chi connectivity index (χ4n) is 2.28. The molecule has 0 bridgehead atoms. The molecule has 0 aliphatic heterocycles. The molecule has 0 fully saturated rings. The molecular weight excluding hydrogens is 382 g/mol. The molecule has 0 atom stereocenters. The zero-order valence-corrected chi connectivity index (χ0v) is 15.5. The molecule has 1 heterocycles. The second-order valence-corrected chi connectivity index (χ2v) is 6.63. The van der Waals surface area contributed by atoms with Gasteiger partial charge in [-0.25, -0.2) is 10.4 Å². The molecule has 1 amide bonds. The molecule has 0 aliphatic rings. The minimum atomic E-state index is -0.592. The summed E-state index contributed by atoms with van der Waals surface area (Å²) in [4.78, 5) is 27.5. The van der Waals surface area contributed by atoms with Crippen molar-refractivity contribution in [3.8, 4) is 5.75 Å². The highest BCUT2D eigenvalue weighted by molar-refractivity contribution is 7.99. The molecule has 3 rings (SSSR count). The number of amides is 1. The lowest BCUT2D eigenvalue weighted by Crippen LogP contribution is -2.17. The van der Waals surface area contributed by atoms with Crippen LogP contribution in [0.15, 0.2) is 70.0 Å². The Hall–Kier alpha value is -3.66. The van der Waals surface area contributed by atoms with E-state index in [0.717, 1.165) is 0 Å². The van der Waals surface area contributed by atoms with Gasteiger partial charge in [0, 0.05) is 31.1 Å². The maximum atomic E-state index is 12.0. The smallest absolute Gasteiger partial charge is 0.283 e. The Morgan fingerprint density at radius 3 is 2.82 bits per heavy atom. The van der Waals surface area contributed by atoms with Gasteiger partial charge in [0.15, 0.2) is 5.16 Å². The number of carbonyl (C=O) groups is 1. The molecule has 1 aromatic heterocycles. The molecule has 9 nitrogen and oxygen atoms in total. The van der Waals surface area contributed by atoms with Gasteiger partial charge in [0.1, 0.15) is 5.75 Å². The van der Waals surface area contributed by atoms with Crippen molar-refractivity contribution in [3.63, 3.8) is 0 Å². The average Bonchev–Trinajstić information content (AvgIpc) is 3.07. The molecule has 0 spiro atoms. The number of nitro benzene ring substituents is 1. The van der Waals surface area contributed by atoms with Crippen LogP contribution in [-0.4, -0.2) is 31.7 Å². The first kappa shape index (κ1) is 19.1. The summed E-state index contributed by atoms with van der Waals surface area (Å²) >= 11 is 1.18. The van der Waals surface area contributed by atoms with Gasteiger partial charge >= 0.3 is 0 Å². The molecule has 3 aromatic rings. The zero-order chi connectivity index (χ0) is 20.1. The van der Waals surface area contributed by atoms with E-state index in [1.165, 1.54) is 36.2 Å². The summed E-state index contributed by atoms with van der Waals surface area (Å²) in [5, 5.41) is 25.5. The lowest BCUT2D eigenvalue weighted by atomic mass is 10.2. The third kappa shape index (κ3) is 4.35. The third-order valence-corrected chi connectivity index (χ3v) is 4.83. The number of aromatic hydroxyl groups is 1. The molecular formula is C18H15N5O4S. The summed E-state index contributed by atoms with van der Waals surface area (Å²) in [5.41, 5.74) is 2.70. The summed E-state index contributed by atoms with van der Waals surface area (Å²) in [5.74, 6) is -0.757. The first-order valence-electron chi connectivity index (χ1n) is 8.00. The fourth-order valence-corrected chi connectivity index (χ4v) is 3.17. The Balaban J connectivity index is 1.75. The van der Waals surface area contributed by atoms with Gasteiger partial charge in [0.25, 0.3) is 11.6 Å². The molecule has 142 valence electrons. The monoisotopic (exact) mass is 397 g/mol. The Bertz CT molecular complexity index is 1060. The van der Waals surface area contributed by atoms with Gasteiger partial charge in [-0.05, 0) is 30.0 Å². The van der Waals surface area contributed by atoms with E-state index in [2.05, 4.69) is 15.5 Å². The van der Waals surface area contributed by atoms with E-state index in [9.17, 15) is 20.0 Å². The third-order valence-electron chi connectivity index (χ3n) is 3.69. The van der Waals surface area contributed by atoms with Crippen LogP contribution in [0.5, 0.6) is 5.75 Å². The number of benzene rings is 2. The van der Waals surface area contributed by atoms with E-state index in [1.54, 1.807) is 48.3 Å². The van der Waals surface area contributed by atoms with Crippen LogP contribution in [0.2, 0.25) is 0 Å². The number of phenolic OH excluding ortho intramolecular Hbond substituents is 1. The first-order chi connectivity index (χ1) is 13.5. The van der Waals surface area contributed by atoms with E-state index in [-0.39, 0.29) is 17.0 Å². The highest BCUT2D eigenvalue weighted by Crippen LogP contribution is 2.34. The Kier molecular flexibility index (Phi) is 5.70. The number of imidazole rings is 1. The van der Waals surface area contributed by atoms with Crippen molar-refractivity contribution in [2.45, 2.75) is 10.1 Å². The maximum Gasteiger partial charge on any atom is 0.283 e. The summed E-state index contributed by atoms with van der Waals surface area (Å²) in [6, 6.07) is 10.7. The zero-order valence-electron chi connectivity index (χ0n) is 14.6. The average molecular weight is 397 g/mol. The van der Waals surface area contributed by atoms with Crippen molar-refractivity contribution >= 4 is 29.6 Å². The van der Waals surface area contributed by atoms with Gasteiger partial charge in [-0.2, -0.15) is 5.10 Å². The summed E-state index contributed by atoms with van der Waals surface area (Å²) in [6.07, 6.45) is 4.66. The molecule has 0 unspecified atom stereocenters. The molecule has 0 aliphatic carbocycles. The van der Waals surface area contributed by atoms with Crippen LogP contribution >= 0.6 is 11.8 Å². The molecule has 2 aromatic carbocycles. The Morgan fingerprint density at radius 1 is 1.36 bits per heavy atom. The van der Waals surface area contributed by atoms with E-state index >= 15 is 0 Å². The van der Waals surface area contributed by atoms with Crippen LogP contribution < -0.4 is 5.43 Å². The van der Waals surface area contributed by atoms with Crippen molar-refractivity contribution in [1.29, 1.82) is 0 Å². The minimum absolute atomic E-state index is 0.0763. The van der Waals surface area contributed by atoms with Crippen molar-refractivity contribution in [2.75, 3.05) is 0 Å². The van der Waals surface area contributed by atoms with Gasteiger partial charge in [-0.1, -0.05) is 18.2 Å².